The summed E-state index contributed by atoms with van der Waals surface area (Å²) < 4.78 is 5.13. The van der Waals surface area contributed by atoms with Gasteiger partial charge in [-0.3, -0.25) is 4.79 Å². The molecule has 1 fully saturated rings. The third-order valence-electron chi connectivity index (χ3n) is 3.86. The van der Waals surface area contributed by atoms with E-state index in [9.17, 15) is 4.79 Å². The van der Waals surface area contributed by atoms with Crippen molar-refractivity contribution in [2.24, 2.45) is 0 Å². The number of nitrogens with zero attached hydrogens (tertiary/aromatic N) is 2. The zero-order chi connectivity index (χ0) is 14.8. The normalized spacial score (nSPS) is 18.2. The van der Waals surface area contributed by atoms with Crippen LogP contribution in [0.1, 0.15) is 35.9 Å². The van der Waals surface area contributed by atoms with Crippen molar-refractivity contribution >= 4 is 17.5 Å². The van der Waals surface area contributed by atoms with E-state index in [1.807, 2.05) is 42.2 Å². The number of likely N-dealkylation sites (tertiary alicyclic amines) is 1. The molecule has 1 aliphatic heterocycles. The monoisotopic (exact) mass is 304 g/mol. The molecular formula is C16H17ClN2O2. The van der Waals surface area contributed by atoms with E-state index in [2.05, 4.69) is 5.16 Å². The van der Waals surface area contributed by atoms with E-state index >= 15 is 0 Å². The Morgan fingerprint density at radius 2 is 2.29 bits per heavy atom. The zero-order valence-electron chi connectivity index (χ0n) is 11.9. The molecule has 0 unspecified atom stereocenters. The average molecular weight is 305 g/mol. The topological polar surface area (TPSA) is 46.3 Å². The minimum Gasteiger partial charge on any atom is -0.361 e. The molecule has 0 N–H and O–H groups in total. The molecule has 1 aliphatic rings. The van der Waals surface area contributed by atoms with Crippen LogP contribution in [0.5, 0.6) is 0 Å². The summed E-state index contributed by atoms with van der Waals surface area (Å²) in [5.41, 5.74) is 1.71. The number of carbonyl (C=O) groups is 1. The first-order chi connectivity index (χ1) is 10.1. The van der Waals surface area contributed by atoms with Gasteiger partial charge in [0.25, 0.3) is 0 Å². The summed E-state index contributed by atoms with van der Waals surface area (Å²) in [4.78, 5) is 14.5. The average Bonchev–Trinajstić information content (AvgIpc) is 3.09. The molecule has 0 aliphatic carbocycles. The Morgan fingerprint density at radius 1 is 1.48 bits per heavy atom. The fraction of sp³-hybridized carbons (Fsp3) is 0.375. The zero-order valence-corrected chi connectivity index (χ0v) is 12.6. The number of benzene rings is 1. The summed E-state index contributed by atoms with van der Waals surface area (Å²) in [5.74, 6) is 0.863. The van der Waals surface area contributed by atoms with Crippen LogP contribution in [0.3, 0.4) is 0 Å². The van der Waals surface area contributed by atoms with Gasteiger partial charge in [-0.25, -0.2) is 0 Å². The van der Waals surface area contributed by atoms with E-state index in [0.717, 1.165) is 36.4 Å². The Balaban J connectivity index is 1.76. The van der Waals surface area contributed by atoms with Crippen LogP contribution in [0.4, 0.5) is 0 Å². The third-order valence-corrected chi connectivity index (χ3v) is 4.23. The van der Waals surface area contributed by atoms with E-state index in [0.29, 0.717) is 11.4 Å². The molecular weight excluding hydrogens is 288 g/mol. The van der Waals surface area contributed by atoms with Crippen LogP contribution >= 0.6 is 11.6 Å². The Hall–Kier alpha value is -1.81. The summed E-state index contributed by atoms with van der Waals surface area (Å²) in [5, 5.41) is 4.70. The summed E-state index contributed by atoms with van der Waals surface area (Å²) in [6.45, 7) is 2.63. The van der Waals surface area contributed by atoms with Crippen molar-refractivity contribution in [3.05, 3.63) is 52.4 Å². The highest BCUT2D eigenvalue weighted by Crippen LogP contribution is 2.32. The van der Waals surface area contributed by atoms with Crippen molar-refractivity contribution < 1.29 is 9.32 Å². The predicted molar refractivity (Wildman–Crippen MR) is 80.1 cm³/mol. The summed E-state index contributed by atoms with van der Waals surface area (Å²) in [6, 6.07) is 9.41. The lowest BCUT2D eigenvalue weighted by atomic mass is 10.1. The van der Waals surface area contributed by atoms with Crippen LogP contribution in [0, 0.1) is 6.92 Å². The molecule has 0 saturated carbocycles. The van der Waals surface area contributed by atoms with Gasteiger partial charge in [0.15, 0.2) is 0 Å². The lowest BCUT2D eigenvalue weighted by Gasteiger charge is -2.23. The van der Waals surface area contributed by atoms with Crippen LogP contribution in [0.15, 0.2) is 34.9 Å². The molecule has 2 aromatic rings. The maximum absolute atomic E-state index is 12.6. The van der Waals surface area contributed by atoms with Crippen LogP contribution in [0.2, 0.25) is 5.02 Å². The fourth-order valence-electron chi connectivity index (χ4n) is 2.82. The lowest BCUT2D eigenvalue weighted by Crippen LogP contribution is -2.32. The Morgan fingerprint density at radius 3 is 3.00 bits per heavy atom. The third kappa shape index (κ3) is 2.95. The largest absolute Gasteiger partial charge is 0.361 e. The van der Waals surface area contributed by atoms with E-state index < -0.39 is 0 Å². The van der Waals surface area contributed by atoms with Gasteiger partial charge in [-0.15, -0.1) is 0 Å². The number of halogens is 1. The molecule has 2 heterocycles. The number of amides is 1. The molecule has 0 spiro atoms. The van der Waals surface area contributed by atoms with Crippen LogP contribution < -0.4 is 0 Å². The summed E-state index contributed by atoms with van der Waals surface area (Å²) >= 11 is 6.13. The van der Waals surface area contributed by atoms with Gasteiger partial charge in [0.1, 0.15) is 11.5 Å². The first-order valence-electron chi connectivity index (χ1n) is 7.11. The van der Waals surface area contributed by atoms with Crippen molar-refractivity contribution in [3.8, 4) is 0 Å². The molecule has 3 rings (SSSR count). The fourth-order valence-corrected chi connectivity index (χ4v) is 3.02. The number of hydrogen-bond acceptors (Lipinski definition) is 3. The quantitative estimate of drug-likeness (QED) is 0.871. The van der Waals surface area contributed by atoms with Gasteiger partial charge in [-0.2, -0.15) is 0 Å². The van der Waals surface area contributed by atoms with Gasteiger partial charge in [0.2, 0.25) is 5.91 Å². The van der Waals surface area contributed by atoms with Gasteiger partial charge < -0.3 is 9.42 Å². The summed E-state index contributed by atoms with van der Waals surface area (Å²) in [6.07, 6.45) is 2.25. The van der Waals surface area contributed by atoms with Crippen molar-refractivity contribution in [1.29, 1.82) is 0 Å². The second-order valence-electron chi connectivity index (χ2n) is 5.38. The van der Waals surface area contributed by atoms with Crippen molar-refractivity contribution in [2.45, 2.75) is 32.2 Å². The second-order valence-corrected chi connectivity index (χ2v) is 5.78. The number of rotatable bonds is 3. The minimum absolute atomic E-state index is 0.0254. The molecule has 21 heavy (non-hydrogen) atoms. The molecule has 1 aromatic heterocycles. The van der Waals surface area contributed by atoms with Gasteiger partial charge in [-0.1, -0.05) is 35.0 Å². The van der Waals surface area contributed by atoms with Gasteiger partial charge in [-0.05, 0) is 31.4 Å². The lowest BCUT2D eigenvalue weighted by molar-refractivity contribution is -0.131. The van der Waals surface area contributed by atoms with Crippen molar-refractivity contribution in [3.63, 3.8) is 0 Å². The first kappa shape index (κ1) is 14.1. The molecule has 4 nitrogen and oxygen atoms in total. The Kier molecular flexibility index (Phi) is 3.97. The highest BCUT2D eigenvalue weighted by molar-refractivity contribution is 6.31. The second kappa shape index (κ2) is 5.90. The van der Waals surface area contributed by atoms with Crippen LogP contribution in [0.25, 0.3) is 0 Å². The molecule has 1 saturated heterocycles. The maximum Gasteiger partial charge on any atom is 0.227 e. The van der Waals surface area contributed by atoms with E-state index in [1.165, 1.54) is 0 Å². The van der Waals surface area contributed by atoms with Gasteiger partial charge >= 0.3 is 0 Å². The smallest absolute Gasteiger partial charge is 0.227 e. The molecule has 110 valence electrons. The molecule has 0 bridgehead atoms. The summed E-state index contributed by atoms with van der Waals surface area (Å²) in [7, 11) is 0. The molecule has 0 radical (unpaired) electrons. The predicted octanol–water partition coefficient (Wildman–Crippen LogP) is 3.54. The highest BCUT2D eigenvalue weighted by atomic mass is 35.5. The first-order valence-corrected chi connectivity index (χ1v) is 7.49. The maximum atomic E-state index is 12.6. The minimum atomic E-state index is 0.0254. The molecule has 1 atom stereocenters. The highest BCUT2D eigenvalue weighted by Gasteiger charge is 2.32. The number of aryl methyl sites for hydroxylation is 1. The SMILES string of the molecule is Cc1cc([C@H]2CCCN2C(=O)Cc2ccccc2Cl)no1. The van der Waals surface area contributed by atoms with Crippen molar-refractivity contribution in [2.75, 3.05) is 6.54 Å². The van der Waals surface area contributed by atoms with Crippen LogP contribution in [-0.4, -0.2) is 22.5 Å². The van der Waals surface area contributed by atoms with E-state index in [1.54, 1.807) is 0 Å². The standard InChI is InChI=1S/C16H17ClN2O2/c1-11-9-14(18-21-11)15-7-4-8-19(15)16(20)10-12-5-2-3-6-13(12)17/h2-3,5-6,9,15H,4,7-8,10H2,1H3/t15-/m1/s1. The molecule has 5 heteroatoms. The van der Waals surface area contributed by atoms with E-state index in [4.69, 9.17) is 16.1 Å². The molecule has 1 aromatic carbocycles. The number of hydrogen-bond donors (Lipinski definition) is 0. The number of carbonyl (C=O) groups excluding carboxylic acids is 1. The van der Waals surface area contributed by atoms with E-state index in [-0.39, 0.29) is 11.9 Å². The molecule has 1 amide bonds. The Bertz CT molecular complexity index is 653. The Labute approximate surface area is 128 Å². The van der Waals surface area contributed by atoms with Crippen LogP contribution in [-0.2, 0) is 11.2 Å². The number of aromatic nitrogens is 1. The van der Waals surface area contributed by atoms with Gasteiger partial charge in [0, 0.05) is 17.6 Å². The van der Waals surface area contributed by atoms with Gasteiger partial charge in [0.05, 0.1) is 12.5 Å². The van der Waals surface area contributed by atoms with Crippen molar-refractivity contribution in [1.82, 2.24) is 10.1 Å².